The van der Waals surface area contributed by atoms with Crippen LogP contribution in [0.15, 0.2) is 60.7 Å². The Balaban J connectivity index is 2.19. The fourth-order valence-electron chi connectivity index (χ4n) is 2.11. The van der Waals surface area contributed by atoms with E-state index in [0.29, 0.717) is 11.3 Å². The van der Waals surface area contributed by atoms with Gasteiger partial charge in [0.2, 0.25) is 0 Å². The molecule has 2 aromatic carbocycles. The highest BCUT2D eigenvalue weighted by Crippen LogP contribution is 2.33. The van der Waals surface area contributed by atoms with E-state index in [1.807, 2.05) is 0 Å². The average Bonchev–Trinajstić information content (AvgIpc) is 2.94. The molecule has 1 aromatic heterocycles. The zero-order chi connectivity index (χ0) is 15.7. The van der Waals surface area contributed by atoms with Crippen LogP contribution < -0.4 is 0 Å². The highest BCUT2D eigenvalue weighted by atomic mass is 19.4. The highest BCUT2D eigenvalue weighted by Gasteiger charge is 2.35. The Morgan fingerprint density at radius 1 is 0.864 bits per heavy atom. The van der Waals surface area contributed by atoms with E-state index in [1.54, 1.807) is 30.3 Å². The molecule has 0 radical (unpaired) electrons. The lowest BCUT2D eigenvalue weighted by molar-refractivity contribution is -0.141. The monoisotopic (exact) mass is 306 g/mol. The molecule has 0 N–H and O–H groups in total. The normalized spacial score (nSPS) is 11.6. The van der Waals surface area contributed by atoms with Crippen molar-refractivity contribution in [1.29, 1.82) is 0 Å². The number of nitrogens with zero attached hydrogens (tertiary/aromatic N) is 2. The van der Waals surface area contributed by atoms with Crippen molar-refractivity contribution < 1.29 is 17.6 Å². The van der Waals surface area contributed by atoms with E-state index >= 15 is 0 Å². The van der Waals surface area contributed by atoms with Crippen LogP contribution in [-0.4, -0.2) is 9.78 Å². The summed E-state index contributed by atoms with van der Waals surface area (Å²) in [4.78, 5) is 0. The van der Waals surface area contributed by atoms with Crippen LogP contribution in [-0.2, 0) is 6.18 Å². The first kappa shape index (κ1) is 14.3. The Morgan fingerprint density at radius 2 is 1.50 bits per heavy atom. The van der Waals surface area contributed by atoms with E-state index in [1.165, 1.54) is 28.9 Å². The van der Waals surface area contributed by atoms with Gasteiger partial charge in [0, 0.05) is 5.56 Å². The van der Waals surface area contributed by atoms with Crippen LogP contribution in [0.25, 0.3) is 16.9 Å². The van der Waals surface area contributed by atoms with Gasteiger partial charge in [0.05, 0.1) is 11.4 Å². The Labute approximate surface area is 123 Å². The number of halogens is 4. The van der Waals surface area contributed by atoms with Gasteiger partial charge in [-0.1, -0.05) is 18.2 Å². The van der Waals surface area contributed by atoms with E-state index in [2.05, 4.69) is 5.10 Å². The molecule has 0 saturated carbocycles. The molecule has 0 atom stereocenters. The van der Waals surface area contributed by atoms with E-state index in [9.17, 15) is 17.6 Å². The lowest BCUT2D eigenvalue weighted by Gasteiger charge is -2.07. The first-order valence-electron chi connectivity index (χ1n) is 6.44. The summed E-state index contributed by atoms with van der Waals surface area (Å²) in [6.07, 6.45) is -4.55. The molecule has 3 aromatic rings. The molecular weight excluding hydrogens is 296 g/mol. The molecule has 0 aliphatic carbocycles. The van der Waals surface area contributed by atoms with Crippen molar-refractivity contribution in [3.63, 3.8) is 0 Å². The molecule has 0 amide bonds. The van der Waals surface area contributed by atoms with Crippen molar-refractivity contribution in [3.8, 4) is 16.9 Å². The van der Waals surface area contributed by atoms with Crippen LogP contribution in [0.5, 0.6) is 0 Å². The Kier molecular flexibility index (Phi) is 3.44. The number of para-hydroxylation sites is 1. The highest BCUT2D eigenvalue weighted by molar-refractivity contribution is 5.62. The van der Waals surface area contributed by atoms with Crippen LogP contribution in [0.1, 0.15) is 5.69 Å². The van der Waals surface area contributed by atoms with E-state index in [0.717, 1.165) is 6.07 Å². The minimum Gasteiger partial charge on any atom is -0.233 e. The molecule has 22 heavy (non-hydrogen) atoms. The zero-order valence-corrected chi connectivity index (χ0v) is 11.2. The lowest BCUT2D eigenvalue weighted by atomic mass is 10.1. The largest absolute Gasteiger partial charge is 0.435 e. The average molecular weight is 306 g/mol. The molecule has 112 valence electrons. The van der Waals surface area contributed by atoms with Crippen LogP contribution in [0.4, 0.5) is 17.6 Å². The number of rotatable bonds is 2. The molecule has 0 spiro atoms. The van der Waals surface area contributed by atoms with Gasteiger partial charge in [0.15, 0.2) is 5.69 Å². The number of hydrogen-bond donors (Lipinski definition) is 0. The summed E-state index contributed by atoms with van der Waals surface area (Å²) in [6, 6.07) is 14.7. The Bertz CT molecular complexity index is 774. The topological polar surface area (TPSA) is 17.8 Å². The maximum Gasteiger partial charge on any atom is 0.435 e. The molecule has 6 heteroatoms. The number of benzene rings is 2. The van der Waals surface area contributed by atoms with Gasteiger partial charge in [-0.15, -0.1) is 0 Å². The Morgan fingerprint density at radius 3 is 2.09 bits per heavy atom. The zero-order valence-electron chi connectivity index (χ0n) is 11.2. The number of alkyl halides is 3. The van der Waals surface area contributed by atoms with Crippen LogP contribution in [0, 0.1) is 5.82 Å². The van der Waals surface area contributed by atoms with Crippen molar-refractivity contribution in [1.82, 2.24) is 9.78 Å². The van der Waals surface area contributed by atoms with Gasteiger partial charge < -0.3 is 0 Å². The van der Waals surface area contributed by atoms with Crippen LogP contribution in [0.2, 0.25) is 0 Å². The second-order valence-electron chi connectivity index (χ2n) is 4.67. The minimum atomic E-state index is -4.55. The van der Waals surface area contributed by atoms with Gasteiger partial charge in [0.1, 0.15) is 5.82 Å². The van der Waals surface area contributed by atoms with Gasteiger partial charge >= 0.3 is 6.18 Å². The molecule has 2 nitrogen and oxygen atoms in total. The van der Waals surface area contributed by atoms with Crippen molar-refractivity contribution in [2.75, 3.05) is 0 Å². The first-order chi connectivity index (χ1) is 10.4. The van der Waals surface area contributed by atoms with Crippen LogP contribution >= 0.6 is 0 Å². The maximum atomic E-state index is 13.0. The summed E-state index contributed by atoms with van der Waals surface area (Å²) in [5.74, 6) is -0.453. The molecule has 1 heterocycles. The van der Waals surface area contributed by atoms with Crippen molar-refractivity contribution in [2.45, 2.75) is 6.18 Å². The minimum absolute atomic E-state index is 0.249. The molecule has 0 saturated heterocycles. The van der Waals surface area contributed by atoms with Gasteiger partial charge in [-0.05, 0) is 42.5 Å². The summed E-state index contributed by atoms with van der Waals surface area (Å²) < 4.78 is 53.0. The van der Waals surface area contributed by atoms with Crippen molar-refractivity contribution in [3.05, 3.63) is 72.2 Å². The van der Waals surface area contributed by atoms with Gasteiger partial charge in [-0.2, -0.15) is 18.3 Å². The summed E-state index contributed by atoms with van der Waals surface area (Å²) in [7, 11) is 0. The fourth-order valence-corrected chi connectivity index (χ4v) is 2.11. The molecule has 3 rings (SSSR count). The third-order valence-electron chi connectivity index (χ3n) is 3.14. The number of hydrogen-bond acceptors (Lipinski definition) is 1. The summed E-state index contributed by atoms with van der Waals surface area (Å²) in [5, 5.41) is 3.65. The van der Waals surface area contributed by atoms with Crippen LogP contribution in [0.3, 0.4) is 0 Å². The lowest BCUT2D eigenvalue weighted by Crippen LogP contribution is -2.07. The molecule has 0 aliphatic heterocycles. The molecular formula is C16H10F4N2. The van der Waals surface area contributed by atoms with Gasteiger partial charge in [-0.25, -0.2) is 9.07 Å². The predicted octanol–water partition coefficient (Wildman–Crippen LogP) is 4.70. The molecule has 0 aliphatic rings. The first-order valence-corrected chi connectivity index (χ1v) is 6.44. The third kappa shape index (κ3) is 2.72. The van der Waals surface area contributed by atoms with Crippen molar-refractivity contribution >= 4 is 0 Å². The second kappa shape index (κ2) is 5.29. The standard InChI is InChI=1S/C16H10F4N2/c17-12-8-6-11(7-9-12)14-10-15(16(18,19)20)21-22(14)13-4-2-1-3-5-13/h1-10H. The number of aromatic nitrogens is 2. The molecule has 0 bridgehead atoms. The van der Waals surface area contributed by atoms with E-state index < -0.39 is 17.7 Å². The molecule has 0 fully saturated rings. The van der Waals surface area contributed by atoms with Crippen molar-refractivity contribution in [2.24, 2.45) is 0 Å². The SMILES string of the molecule is Fc1ccc(-c2cc(C(F)(F)F)nn2-c2ccccc2)cc1. The van der Waals surface area contributed by atoms with E-state index in [-0.39, 0.29) is 5.69 Å². The third-order valence-corrected chi connectivity index (χ3v) is 3.14. The Hall–Kier alpha value is -2.63. The maximum absolute atomic E-state index is 13.0. The van der Waals surface area contributed by atoms with Gasteiger partial charge in [0.25, 0.3) is 0 Å². The molecule has 0 unspecified atom stereocenters. The fraction of sp³-hybridized carbons (Fsp3) is 0.0625. The smallest absolute Gasteiger partial charge is 0.233 e. The summed E-state index contributed by atoms with van der Waals surface area (Å²) in [6.45, 7) is 0. The summed E-state index contributed by atoms with van der Waals surface area (Å²) >= 11 is 0. The van der Waals surface area contributed by atoms with E-state index in [4.69, 9.17) is 0 Å². The van der Waals surface area contributed by atoms with Gasteiger partial charge in [-0.3, -0.25) is 0 Å². The second-order valence-corrected chi connectivity index (χ2v) is 4.67. The quantitative estimate of drug-likeness (QED) is 0.628. The predicted molar refractivity (Wildman–Crippen MR) is 74.0 cm³/mol. The summed E-state index contributed by atoms with van der Waals surface area (Å²) in [5.41, 5.74) is 0.208.